The summed E-state index contributed by atoms with van der Waals surface area (Å²) < 4.78 is 14.6. The number of imidazole rings is 1. The van der Waals surface area contributed by atoms with E-state index >= 15 is 0 Å². The number of amides is 1. The molecule has 6 nitrogen and oxygen atoms in total. The Morgan fingerprint density at radius 2 is 2.18 bits per heavy atom. The zero-order chi connectivity index (χ0) is 15.5. The van der Waals surface area contributed by atoms with E-state index in [0.717, 1.165) is 5.69 Å². The van der Waals surface area contributed by atoms with Crippen LogP contribution in [0.5, 0.6) is 0 Å². The number of nitrogens with zero attached hydrogens (tertiary/aromatic N) is 4. The Morgan fingerprint density at radius 3 is 2.86 bits per heavy atom. The molecule has 2 aromatic rings. The molecule has 1 amide bonds. The molecule has 1 aromatic heterocycles. The number of hydrogen-bond acceptors (Lipinski definition) is 4. The number of nitriles is 1. The highest BCUT2D eigenvalue weighted by Gasteiger charge is 2.28. The number of aromatic nitrogens is 2. The Kier molecular flexibility index (Phi) is 3.74. The number of rotatable bonds is 3. The first-order valence-corrected chi connectivity index (χ1v) is 6.91. The van der Waals surface area contributed by atoms with Crippen molar-refractivity contribution in [3.05, 3.63) is 42.6 Å². The van der Waals surface area contributed by atoms with E-state index in [-0.39, 0.29) is 17.6 Å². The van der Waals surface area contributed by atoms with Gasteiger partial charge in [-0.15, -0.1) is 0 Å². The van der Waals surface area contributed by atoms with E-state index in [2.05, 4.69) is 10.3 Å². The van der Waals surface area contributed by atoms with Crippen molar-refractivity contribution in [2.75, 3.05) is 18.4 Å². The Morgan fingerprint density at radius 1 is 1.41 bits per heavy atom. The van der Waals surface area contributed by atoms with Gasteiger partial charge < -0.3 is 14.8 Å². The lowest BCUT2D eigenvalue weighted by atomic mass is 10.1. The summed E-state index contributed by atoms with van der Waals surface area (Å²) in [4.78, 5) is 17.8. The van der Waals surface area contributed by atoms with Gasteiger partial charge in [-0.2, -0.15) is 5.26 Å². The fourth-order valence-electron chi connectivity index (χ4n) is 2.44. The average molecular weight is 299 g/mol. The molecule has 1 aliphatic heterocycles. The van der Waals surface area contributed by atoms with Gasteiger partial charge in [0.15, 0.2) is 12.0 Å². The fraction of sp³-hybridized carbons (Fsp3) is 0.267. The standard InChI is InChI=1S/C15H14FN5O/c16-12-1-3-13(4-2-12)21-8-14(18-10-21)19-15(22)11-5-6-20(7-11)9-17/h1-4,8,10-11H,5-7H2,(H,19,22). The van der Waals surface area contributed by atoms with Gasteiger partial charge in [0.05, 0.1) is 12.1 Å². The summed E-state index contributed by atoms with van der Waals surface area (Å²) in [5, 5.41) is 11.6. The maximum Gasteiger partial charge on any atom is 0.230 e. The number of carbonyl (C=O) groups is 1. The highest BCUT2D eigenvalue weighted by atomic mass is 19.1. The number of hydrogen-bond donors (Lipinski definition) is 1. The number of benzene rings is 1. The Hall–Kier alpha value is -2.88. The maximum absolute atomic E-state index is 12.9. The normalized spacial score (nSPS) is 17.3. The lowest BCUT2D eigenvalue weighted by molar-refractivity contribution is -0.119. The van der Waals surface area contributed by atoms with Crippen molar-refractivity contribution in [3.8, 4) is 11.9 Å². The molecule has 2 heterocycles. The third-order valence-electron chi connectivity index (χ3n) is 3.66. The van der Waals surface area contributed by atoms with Gasteiger partial charge in [-0.3, -0.25) is 4.79 Å². The topological polar surface area (TPSA) is 74.0 Å². The summed E-state index contributed by atoms with van der Waals surface area (Å²) >= 11 is 0. The highest BCUT2D eigenvalue weighted by Crippen LogP contribution is 2.18. The van der Waals surface area contributed by atoms with Crippen LogP contribution in [-0.2, 0) is 4.79 Å². The van der Waals surface area contributed by atoms with Gasteiger partial charge in [-0.05, 0) is 30.7 Å². The van der Waals surface area contributed by atoms with Gasteiger partial charge in [-0.1, -0.05) is 0 Å². The first-order valence-electron chi connectivity index (χ1n) is 6.91. The molecule has 1 atom stereocenters. The molecule has 0 aliphatic carbocycles. The van der Waals surface area contributed by atoms with Crippen molar-refractivity contribution in [2.24, 2.45) is 5.92 Å². The Balaban J connectivity index is 1.66. The van der Waals surface area contributed by atoms with Gasteiger partial charge in [0.1, 0.15) is 12.1 Å². The molecular weight excluding hydrogens is 285 g/mol. The van der Waals surface area contributed by atoms with E-state index in [1.807, 2.05) is 6.19 Å². The predicted octanol–water partition coefficient (Wildman–Crippen LogP) is 1.75. The van der Waals surface area contributed by atoms with Crippen LogP contribution >= 0.6 is 0 Å². The van der Waals surface area contributed by atoms with Crippen LogP contribution in [0.2, 0.25) is 0 Å². The van der Waals surface area contributed by atoms with Crippen LogP contribution in [0.25, 0.3) is 5.69 Å². The van der Waals surface area contributed by atoms with Crippen LogP contribution in [-0.4, -0.2) is 33.4 Å². The van der Waals surface area contributed by atoms with Crippen LogP contribution < -0.4 is 5.32 Å². The molecule has 0 radical (unpaired) electrons. The molecule has 1 N–H and O–H groups in total. The largest absolute Gasteiger partial charge is 0.310 e. The summed E-state index contributed by atoms with van der Waals surface area (Å²) in [5.74, 6) is -0.205. The molecule has 1 unspecified atom stereocenters. The molecule has 0 bridgehead atoms. The van der Waals surface area contributed by atoms with Crippen molar-refractivity contribution < 1.29 is 9.18 Å². The number of likely N-dealkylation sites (tertiary alicyclic amines) is 1. The lowest BCUT2D eigenvalue weighted by Crippen LogP contribution is -2.25. The number of anilines is 1. The smallest absolute Gasteiger partial charge is 0.230 e. The van der Waals surface area contributed by atoms with Crippen molar-refractivity contribution in [1.29, 1.82) is 5.26 Å². The quantitative estimate of drug-likeness (QED) is 0.876. The Labute approximate surface area is 126 Å². The van der Waals surface area contributed by atoms with Gasteiger partial charge in [0, 0.05) is 18.8 Å². The number of nitrogens with one attached hydrogen (secondary N) is 1. The molecule has 1 fully saturated rings. The fourth-order valence-corrected chi connectivity index (χ4v) is 2.44. The van der Waals surface area contributed by atoms with E-state index < -0.39 is 0 Å². The van der Waals surface area contributed by atoms with Gasteiger partial charge in [-0.25, -0.2) is 9.37 Å². The molecule has 0 spiro atoms. The molecule has 112 valence electrons. The maximum atomic E-state index is 12.9. The number of carbonyl (C=O) groups excluding carboxylic acids is 1. The summed E-state index contributed by atoms with van der Waals surface area (Å²) in [6, 6.07) is 5.99. The SMILES string of the molecule is N#CN1CCC(C(=O)Nc2cn(-c3ccc(F)cc3)cn2)C1. The molecule has 3 rings (SSSR count). The minimum Gasteiger partial charge on any atom is -0.310 e. The van der Waals surface area contributed by atoms with Crippen molar-refractivity contribution in [3.63, 3.8) is 0 Å². The van der Waals surface area contributed by atoms with Crippen LogP contribution in [0.4, 0.5) is 10.2 Å². The summed E-state index contributed by atoms with van der Waals surface area (Å²) in [6.45, 7) is 1.06. The van der Waals surface area contributed by atoms with Gasteiger partial charge in [0.2, 0.25) is 5.91 Å². The minimum absolute atomic E-state index is 0.137. The average Bonchev–Trinajstić information content (AvgIpc) is 3.17. The first-order chi connectivity index (χ1) is 10.7. The molecule has 1 aromatic carbocycles. The summed E-state index contributed by atoms with van der Waals surface area (Å²) in [6.07, 6.45) is 5.93. The third kappa shape index (κ3) is 2.91. The second-order valence-corrected chi connectivity index (χ2v) is 5.16. The van der Waals surface area contributed by atoms with Crippen LogP contribution in [0.3, 0.4) is 0 Å². The van der Waals surface area contributed by atoms with E-state index in [4.69, 9.17) is 5.26 Å². The molecule has 1 aliphatic rings. The molecule has 7 heteroatoms. The zero-order valence-corrected chi connectivity index (χ0v) is 11.7. The van der Waals surface area contributed by atoms with Gasteiger partial charge >= 0.3 is 0 Å². The predicted molar refractivity (Wildman–Crippen MR) is 77.4 cm³/mol. The van der Waals surface area contributed by atoms with E-state index in [9.17, 15) is 9.18 Å². The second kappa shape index (κ2) is 5.85. The molecule has 0 saturated carbocycles. The van der Waals surface area contributed by atoms with E-state index in [0.29, 0.717) is 25.3 Å². The van der Waals surface area contributed by atoms with Crippen LogP contribution in [0, 0.1) is 23.2 Å². The second-order valence-electron chi connectivity index (χ2n) is 5.16. The molecule has 22 heavy (non-hydrogen) atoms. The van der Waals surface area contributed by atoms with E-state index in [1.165, 1.54) is 12.1 Å². The zero-order valence-electron chi connectivity index (χ0n) is 11.7. The highest BCUT2D eigenvalue weighted by molar-refractivity contribution is 5.92. The lowest BCUT2D eigenvalue weighted by Gasteiger charge is -2.08. The van der Waals surface area contributed by atoms with Crippen molar-refractivity contribution >= 4 is 11.7 Å². The summed E-state index contributed by atoms with van der Waals surface area (Å²) in [7, 11) is 0. The number of halogens is 1. The van der Waals surface area contributed by atoms with E-state index in [1.54, 1.807) is 34.1 Å². The Bertz CT molecular complexity index is 718. The van der Waals surface area contributed by atoms with Crippen LogP contribution in [0.1, 0.15) is 6.42 Å². The van der Waals surface area contributed by atoms with Crippen molar-refractivity contribution in [1.82, 2.24) is 14.5 Å². The minimum atomic E-state index is -0.305. The third-order valence-corrected chi connectivity index (χ3v) is 3.66. The molecular formula is C15H14FN5O. The van der Waals surface area contributed by atoms with Crippen LogP contribution in [0.15, 0.2) is 36.8 Å². The monoisotopic (exact) mass is 299 g/mol. The summed E-state index contributed by atoms with van der Waals surface area (Å²) in [5.41, 5.74) is 0.755. The van der Waals surface area contributed by atoms with Gasteiger partial charge in [0.25, 0.3) is 0 Å². The van der Waals surface area contributed by atoms with Crippen molar-refractivity contribution in [2.45, 2.75) is 6.42 Å². The molecule has 1 saturated heterocycles. The first kappa shape index (κ1) is 14.1.